The third-order valence-corrected chi connectivity index (χ3v) is 3.55. The highest BCUT2D eigenvalue weighted by Gasteiger charge is 2.14. The van der Waals surface area contributed by atoms with Crippen molar-refractivity contribution in [1.29, 1.82) is 0 Å². The van der Waals surface area contributed by atoms with E-state index in [1.165, 1.54) is 0 Å². The first kappa shape index (κ1) is 15.9. The molecule has 2 heterocycles. The number of amides is 2. The average molecular weight is 343 g/mol. The second-order valence-electron chi connectivity index (χ2n) is 5.11. The molecule has 8 heteroatoms. The molecule has 3 N–H and O–H groups in total. The number of urea groups is 1. The first-order chi connectivity index (χ1) is 11.6. The monoisotopic (exact) mass is 342 g/mol. The van der Waals surface area contributed by atoms with Crippen molar-refractivity contribution in [2.45, 2.75) is 13.0 Å². The van der Waals surface area contributed by atoms with Crippen LogP contribution in [0.25, 0.3) is 11.4 Å². The Morgan fingerprint density at radius 1 is 1.17 bits per heavy atom. The number of carbonyl (C=O) groups is 1. The van der Waals surface area contributed by atoms with Crippen LogP contribution < -0.4 is 10.6 Å². The van der Waals surface area contributed by atoms with Crippen molar-refractivity contribution < 1.29 is 4.79 Å². The predicted octanol–water partition coefficient (Wildman–Crippen LogP) is 3.40. The average Bonchev–Trinajstić information content (AvgIpc) is 3.08. The number of rotatable bonds is 4. The highest BCUT2D eigenvalue weighted by Crippen LogP contribution is 2.16. The molecule has 0 radical (unpaired) electrons. The molecule has 0 spiro atoms. The van der Waals surface area contributed by atoms with Crippen LogP contribution in [0.3, 0.4) is 0 Å². The number of hydrogen-bond donors (Lipinski definition) is 3. The number of nitrogens with zero attached hydrogens (tertiary/aromatic N) is 3. The van der Waals surface area contributed by atoms with Gasteiger partial charge in [-0.05, 0) is 43.3 Å². The molecule has 0 aliphatic carbocycles. The van der Waals surface area contributed by atoms with Crippen LogP contribution in [0.2, 0.25) is 5.02 Å². The van der Waals surface area contributed by atoms with E-state index >= 15 is 0 Å². The van der Waals surface area contributed by atoms with Crippen molar-refractivity contribution in [1.82, 2.24) is 25.5 Å². The van der Waals surface area contributed by atoms with Crippen molar-refractivity contribution in [2.24, 2.45) is 0 Å². The SMILES string of the molecule is CC(NC(=O)Nc1ccc(Cl)cc1)c1nc(-c2ccncc2)n[nH]1. The molecule has 24 heavy (non-hydrogen) atoms. The van der Waals surface area contributed by atoms with Gasteiger partial charge in [-0.3, -0.25) is 10.1 Å². The van der Waals surface area contributed by atoms with Gasteiger partial charge in [-0.2, -0.15) is 5.10 Å². The van der Waals surface area contributed by atoms with E-state index in [1.54, 1.807) is 36.7 Å². The summed E-state index contributed by atoms with van der Waals surface area (Å²) in [4.78, 5) is 20.4. The fourth-order valence-electron chi connectivity index (χ4n) is 2.06. The number of nitrogens with one attached hydrogen (secondary N) is 3. The highest BCUT2D eigenvalue weighted by atomic mass is 35.5. The van der Waals surface area contributed by atoms with E-state index in [-0.39, 0.29) is 12.1 Å². The zero-order chi connectivity index (χ0) is 16.9. The van der Waals surface area contributed by atoms with Gasteiger partial charge in [-0.15, -0.1) is 0 Å². The van der Waals surface area contributed by atoms with Crippen LogP contribution in [0, 0.1) is 0 Å². The Bertz CT molecular complexity index is 818. The Labute approximate surface area is 143 Å². The molecule has 3 rings (SSSR count). The number of H-pyrrole nitrogens is 1. The number of pyridine rings is 1. The molecule has 2 aromatic heterocycles. The van der Waals surface area contributed by atoms with Crippen molar-refractivity contribution in [3.63, 3.8) is 0 Å². The zero-order valence-corrected chi connectivity index (χ0v) is 13.6. The number of aromatic nitrogens is 4. The maximum atomic E-state index is 12.0. The Kier molecular flexibility index (Phi) is 4.72. The minimum atomic E-state index is -0.341. The van der Waals surface area contributed by atoms with Crippen LogP contribution in [-0.4, -0.2) is 26.2 Å². The van der Waals surface area contributed by atoms with E-state index in [4.69, 9.17) is 11.6 Å². The van der Waals surface area contributed by atoms with Crippen molar-refractivity contribution >= 4 is 23.3 Å². The molecule has 0 saturated heterocycles. The van der Waals surface area contributed by atoms with E-state index in [0.717, 1.165) is 5.56 Å². The maximum absolute atomic E-state index is 12.0. The van der Waals surface area contributed by atoms with E-state index in [1.807, 2.05) is 19.1 Å². The van der Waals surface area contributed by atoms with Crippen LogP contribution in [0.4, 0.5) is 10.5 Å². The number of aromatic amines is 1. The van der Waals surface area contributed by atoms with Gasteiger partial charge in [0.2, 0.25) is 0 Å². The van der Waals surface area contributed by atoms with E-state index in [2.05, 4.69) is 30.8 Å². The Balaban J connectivity index is 1.62. The van der Waals surface area contributed by atoms with Crippen LogP contribution in [0.15, 0.2) is 48.8 Å². The van der Waals surface area contributed by atoms with Gasteiger partial charge in [0.05, 0.1) is 6.04 Å². The third-order valence-electron chi connectivity index (χ3n) is 3.30. The zero-order valence-electron chi connectivity index (χ0n) is 12.8. The lowest BCUT2D eigenvalue weighted by atomic mass is 10.2. The van der Waals surface area contributed by atoms with Gasteiger partial charge in [-0.1, -0.05) is 11.6 Å². The van der Waals surface area contributed by atoms with Gasteiger partial charge >= 0.3 is 6.03 Å². The molecule has 0 saturated carbocycles. The molecule has 0 fully saturated rings. The van der Waals surface area contributed by atoms with E-state index in [0.29, 0.717) is 22.4 Å². The van der Waals surface area contributed by atoms with Crippen molar-refractivity contribution in [3.8, 4) is 11.4 Å². The molecular weight excluding hydrogens is 328 g/mol. The summed E-state index contributed by atoms with van der Waals surface area (Å²) in [5.74, 6) is 1.12. The van der Waals surface area contributed by atoms with Crippen LogP contribution in [-0.2, 0) is 0 Å². The Morgan fingerprint density at radius 2 is 1.88 bits per heavy atom. The smallest absolute Gasteiger partial charge is 0.319 e. The van der Waals surface area contributed by atoms with Crippen LogP contribution >= 0.6 is 11.6 Å². The second kappa shape index (κ2) is 7.10. The summed E-state index contributed by atoms with van der Waals surface area (Å²) in [6, 6.07) is 9.82. The lowest BCUT2D eigenvalue weighted by molar-refractivity contribution is 0.249. The van der Waals surface area contributed by atoms with Gasteiger partial charge in [0.1, 0.15) is 5.82 Å². The Hall–Kier alpha value is -2.93. The molecule has 122 valence electrons. The normalized spacial score (nSPS) is 11.8. The highest BCUT2D eigenvalue weighted by molar-refractivity contribution is 6.30. The van der Waals surface area contributed by atoms with Gasteiger partial charge in [0, 0.05) is 28.7 Å². The summed E-state index contributed by atoms with van der Waals surface area (Å²) in [5, 5.41) is 13.1. The third kappa shape index (κ3) is 3.88. The number of halogens is 1. The van der Waals surface area contributed by atoms with Crippen molar-refractivity contribution in [2.75, 3.05) is 5.32 Å². The molecule has 0 aliphatic rings. The number of anilines is 1. The summed E-state index contributed by atoms with van der Waals surface area (Å²) in [6.45, 7) is 1.82. The number of carbonyl (C=O) groups excluding carboxylic acids is 1. The summed E-state index contributed by atoms with van der Waals surface area (Å²) < 4.78 is 0. The van der Waals surface area contributed by atoms with Gasteiger partial charge in [0.15, 0.2) is 5.82 Å². The summed E-state index contributed by atoms with van der Waals surface area (Å²) >= 11 is 5.81. The minimum Gasteiger partial charge on any atom is -0.328 e. The molecule has 1 unspecified atom stereocenters. The summed E-state index contributed by atoms with van der Waals surface area (Å²) in [5.41, 5.74) is 1.50. The molecule has 0 aliphatic heterocycles. The lowest BCUT2D eigenvalue weighted by Gasteiger charge is -2.12. The van der Waals surface area contributed by atoms with Crippen LogP contribution in [0.5, 0.6) is 0 Å². The molecule has 0 bridgehead atoms. The van der Waals surface area contributed by atoms with E-state index in [9.17, 15) is 4.79 Å². The molecule has 3 aromatic rings. The number of benzene rings is 1. The maximum Gasteiger partial charge on any atom is 0.319 e. The van der Waals surface area contributed by atoms with Crippen molar-refractivity contribution in [3.05, 3.63) is 59.6 Å². The molecule has 7 nitrogen and oxygen atoms in total. The fourth-order valence-corrected chi connectivity index (χ4v) is 2.19. The van der Waals surface area contributed by atoms with Gasteiger partial charge < -0.3 is 10.6 Å². The quantitative estimate of drug-likeness (QED) is 0.677. The van der Waals surface area contributed by atoms with Crippen LogP contribution in [0.1, 0.15) is 18.8 Å². The van der Waals surface area contributed by atoms with E-state index < -0.39 is 0 Å². The summed E-state index contributed by atoms with van der Waals surface area (Å²) in [7, 11) is 0. The van der Waals surface area contributed by atoms with Gasteiger partial charge in [0.25, 0.3) is 0 Å². The minimum absolute atomic E-state index is 0.333. The molecule has 1 atom stereocenters. The largest absolute Gasteiger partial charge is 0.328 e. The van der Waals surface area contributed by atoms with Gasteiger partial charge in [-0.25, -0.2) is 9.78 Å². The first-order valence-corrected chi connectivity index (χ1v) is 7.65. The molecule has 2 amide bonds. The topological polar surface area (TPSA) is 95.6 Å². The predicted molar refractivity (Wildman–Crippen MR) is 91.6 cm³/mol. The number of hydrogen-bond acceptors (Lipinski definition) is 4. The lowest BCUT2D eigenvalue weighted by Crippen LogP contribution is -2.31. The first-order valence-electron chi connectivity index (χ1n) is 7.27. The Morgan fingerprint density at radius 3 is 2.58 bits per heavy atom. The standard InChI is InChI=1S/C16H15ClN6O/c1-10(19-16(24)20-13-4-2-12(17)3-5-13)14-21-15(23-22-14)11-6-8-18-9-7-11/h2-10H,1H3,(H2,19,20,24)(H,21,22,23). The molecule has 1 aromatic carbocycles. The summed E-state index contributed by atoms with van der Waals surface area (Å²) in [6.07, 6.45) is 3.35. The fraction of sp³-hybridized carbons (Fsp3) is 0.125. The second-order valence-corrected chi connectivity index (χ2v) is 5.54. The molecular formula is C16H15ClN6O.